The molecule has 0 saturated carbocycles. The van der Waals surface area contributed by atoms with Crippen LogP contribution < -0.4 is 20.1 Å². The van der Waals surface area contributed by atoms with Gasteiger partial charge in [-0.05, 0) is 48.9 Å². The molecule has 2 amide bonds. The smallest absolute Gasteiger partial charge is 0.259 e. The number of carbonyl (C=O) groups is 2. The Bertz CT molecular complexity index is 1020. The van der Waals surface area contributed by atoms with Crippen LogP contribution in [0.1, 0.15) is 33.2 Å². The maximum atomic E-state index is 12.7. The van der Waals surface area contributed by atoms with Crippen molar-refractivity contribution in [3.05, 3.63) is 89.5 Å². The van der Waals surface area contributed by atoms with Gasteiger partial charge in [-0.1, -0.05) is 36.4 Å². The zero-order valence-corrected chi connectivity index (χ0v) is 17.0. The van der Waals surface area contributed by atoms with Gasteiger partial charge in [0.05, 0.1) is 30.5 Å². The minimum absolute atomic E-state index is 0.278. The Morgan fingerprint density at radius 3 is 2.20 bits per heavy atom. The molecule has 6 heteroatoms. The zero-order valence-electron chi connectivity index (χ0n) is 17.0. The molecule has 0 radical (unpaired) electrons. The first-order valence-corrected chi connectivity index (χ1v) is 9.65. The summed E-state index contributed by atoms with van der Waals surface area (Å²) in [6.45, 7) is 2.89. The number of para-hydroxylation sites is 2. The van der Waals surface area contributed by atoms with Gasteiger partial charge in [0.15, 0.2) is 0 Å². The van der Waals surface area contributed by atoms with Crippen molar-refractivity contribution in [1.82, 2.24) is 5.32 Å². The van der Waals surface area contributed by atoms with E-state index in [1.165, 1.54) is 7.11 Å². The minimum atomic E-state index is -0.348. The molecule has 0 bridgehead atoms. The van der Waals surface area contributed by atoms with Gasteiger partial charge in [-0.25, -0.2) is 0 Å². The Morgan fingerprint density at radius 1 is 0.833 bits per heavy atom. The van der Waals surface area contributed by atoms with Crippen LogP contribution in [-0.2, 0) is 6.54 Å². The molecule has 2 N–H and O–H groups in total. The van der Waals surface area contributed by atoms with Crippen LogP contribution in [0.25, 0.3) is 0 Å². The summed E-state index contributed by atoms with van der Waals surface area (Å²) in [6.07, 6.45) is 0. The van der Waals surface area contributed by atoms with Gasteiger partial charge in [-0.2, -0.15) is 0 Å². The third-order valence-electron chi connectivity index (χ3n) is 4.46. The summed E-state index contributed by atoms with van der Waals surface area (Å²) in [4.78, 5) is 25.4. The third kappa shape index (κ3) is 5.17. The quantitative estimate of drug-likeness (QED) is 0.588. The number of benzene rings is 3. The molecule has 0 spiro atoms. The van der Waals surface area contributed by atoms with E-state index in [-0.39, 0.29) is 11.8 Å². The number of carbonyl (C=O) groups excluding carboxylic acids is 2. The predicted octanol–water partition coefficient (Wildman–Crippen LogP) is 4.28. The van der Waals surface area contributed by atoms with Crippen LogP contribution in [0.2, 0.25) is 0 Å². The van der Waals surface area contributed by atoms with Crippen LogP contribution in [0.15, 0.2) is 72.8 Å². The van der Waals surface area contributed by atoms with Gasteiger partial charge in [0.25, 0.3) is 11.8 Å². The van der Waals surface area contributed by atoms with Crippen LogP contribution in [0.5, 0.6) is 11.5 Å². The highest BCUT2D eigenvalue weighted by molar-refractivity contribution is 6.10. The first kappa shape index (κ1) is 20.9. The second kappa shape index (κ2) is 10.1. The van der Waals surface area contributed by atoms with Crippen molar-refractivity contribution in [3.8, 4) is 11.5 Å². The van der Waals surface area contributed by atoms with Gasteiger partial charge in [0.1, 0.15) is 11.5 Å². The summed E-state index contributed by atoms with van der Waals surface area (Å²) in [5.74, 6) is 0.628. The Morgan fingerprint density at radius 2 is 1.50 bits per heavy atom. The molecular formula is C24H24N2O4. The second-order valence-electron chi connectivity index (χ2n) is 6.46. The van der Waals surface area contributed by atoms with Gasteiger partial charge in [0, 0.05) is 6.54 Å². The van der Waals surface area contributed by atoms with Gasteiger partial charge in [0.2, 0.25) is 0 Å². The topological polar surface area (TPSA) is 76.7 Å². The Kier molecular flexibility index (Phi) is 7.05. The molecule has 0 unspecified atom stereocenters. The lowest BCUT2D eigenvalue weighted by Crippen LogP contribution is -2.25. The van der Waals surface area contributed by atoms with Crippen LogP contribution in [0.3, 0.4) is 0 Å². The average molecular weight is 404 g/mol. The van der Waals surface area contributed by atoms with Crippen molar-refractivity contribution in [1.29, 1.82) is 0 Å². The average Bonchev–Trinajstić information content (AvgIpc) is 2.79. The number of anilines is 1. The van der Waals surface area contributed by atoms with Crippen molar-refractivity contribution >= 4 is 17.5 Å². The summed E-state index contributed by atoms with van der Waals surface area (Å²) in [7, 11) is 1.51. The van der Waals surface area contributed by atoms with Gasteiger partial charge < -0.3 is 20.1 Å². The number of nitrogens with one attached hydrogen (secondary N) is 2. The fourth-order valence-corrected chi connectivity index (χ4v) is 2.96. The molecule has 0 aliphatic carbocycles. The summed E-state index contributed by atoms with van der Waals surface area (Å²) < 4.78 is 10.7. The molecular weight excluding hydrogens is 380 g/mol. The normalized spacial score (nSPS) is 10.2. The highest BCUT2D eigenvalue weighted by Gasteiger charge is 2.16. The maximum absolute atomic E-state index is 12.7. The van der Waals surface area contributed by atoms with E-state index in [9.17, 15) is 9.59 Å². The van der Waals surface area contributed by atoms with Gasteiger partial charge in [-0.3, -0.25) is 9.59 Å². The number of amides is 2. The Labute approximate surface area is 175 Å². The van der Waals surface area contributed by atoms with Crippen molar-refractivity contribution in [2.45, 2.75) is 13.5 Å². The summed E-state index contributed by atoms with van der Waals surface area (Å²) in [6, 6.07) is 21.4. The van der Waals surface area contributed by atoms with E-state index in [2.05, 4.69) is 10.6 Å². The van der Waals surface area contributed by atoms with E-state index in [0.29, 0.717) is 35.7 Å². The van der Waals surface area contributed by atoms with E-state index in [0.717, 1.165) is 11.3 Å². The molecule has 6 nitrogen and oxygen atoms in total. The van der Waals surface area contributed by atoms with Crippen LogP contribution in [-0.4, -0.2) is 25.5 Å². The molecule has 0 saturated heterocycles. The molecule has 0 aliphatic rings. The fraction of sp³-hybridized carbons (Fsp3) is 0.167. The van der Waals surface area contributed by atoms with E-state index in [4.69, 9.17) is 9.47 Å². The van der Waals surface area contributed by atoms with Crippen molar-refractivity contribution in [2.75, 3.05) is 19.0 Å². The largest absolute Gasteiger partial charge is 0.496 e. The number of hydrogen-bond acceptors (Lipinski definition) is 4. The number of hydrogen-bond donors (Lipinski definition) is 2. The van der Waals surface area contributed by atoms with Gasteiger partial charge in [-0.15, -0.1) is 0 Å². The Hall–Kier alpha value is -3.80. The highest BCUT2D eigenvalue weighted by atomic mass is 16.5. The van der Waals surface area contributed by atoms with Gasteiger partial charge >= 0.3 is 0 Å². The molecule has 0 atom stereocenters. The van der Waals surface area contributed by atoms with Crippen LogP contribution in [0, 0.1) is 0 Å². The molecule has 0 aliphatic heterocycles. The number of rotatable bonds is 8. The van der Waals surface area contributed by atoms with Crippen molar-refractivity contribution < 1.29 is 19.1 Å². The number of methoxy groups -OCH3 is 1. The molecule has 154 valence electrons. The predicted molar refractivity (Wildman–Crippen MR) is 116 cm³/mol. The monoisotopic (exact) mass is 404 g/mol. The minimum Gasteiger partial charge on any atom is -0.496 e. The summed E-state index contributed by atoms with van der Waals surface area (Å²) in [5, 5.41) is 5.69. The van der Waals surface area contributed by atoms with Crippen molar-refractivity contribution in [2.24, 2.45) is 0 Å². The molecule has 0 fully saturated rings. The molecule has 3 aromatic rings. The second-order valence-corrected chi connectivity index (χ2v) is 6.46. The lowest BCUT2D eigenvalue weighted by Gasteiger charge is -2.13. The van der Waals surface area contributed by atoms with Crippen LogP contribution >= 0.6 is 0 Å². The lowest BCUT2D eigenvalue weighted by molar-refractivity contribution is 0.0952. The molecule has 3 aromatic carbocycles. The Balaban J connectivity index is 1.69. The third-order valence-corrected chi connectivity index (χ3v) is 4.46. The summed E-state index contributed by atoms with van der Waals surface area (Å²) in [5.41, 5.74) is 2.15. The first-order valence-electron chi connectivity index (χ1n) is 9.65. The van der Waals surface area contributed by atoms with E-state index in [1.807, 2.05) is 31.2 Å². The lowest BCUT2D eigenvalue weighted by atomic mass is 10.1. The number of ether oxygens (including phenoxy) is 2. The molecule has 0 aromatic heterocycles. The van der Waals surface area contributed by atoms with Crippen molar-refractivity contribution in [3.63, 3.8) is 0 Å². The van der Waals surface area contributed by atoms with Crippen LogP contribution in [0.4, 0.5) is 5.69 Å². The molecule has 0 heterocycles. The van der Waals surface area contributed by atoms with E-state index in [1.54, 1.807) is 48.5 Å². The van der Waals surface area contributed by atoms with E-state index >= 15 is 0 Å². The fourth-order valence-electron chi connectivity index (χ4n) is 2.96. The SMILES string of the molecule is CCOc1ccc(CNC(=O)c2ccccc2NC(=O)c2ccccc2OC)cc1. The maximum Gasteiger partial charge on any atom is 0.259 e. The standard InChI is InChI=1S/C24H24N2O4/c1-3-30-18-14-12-17(13-15-18)16-25-23(27)19-8-4-6-10-21(19)26-24(28)20-9-5-7-11-22(20)29-2/h4-15H,3,16H2,1-2H3,(H,25,27)(H,26,28). The first-order chi connectivity index (χ1) is 14.6. The molecule has 30 heavy (non-hydrogen) atoms. The molecule has 3 rings (SSSR count). The summed E-state index contributed by atoms with van der Waals surface area (Å²) >= 11 is 0. The zero-order chi connectivity index (χ0) is 21.3. The van der Waals surface area contributed by atoms with E-state index < -0.39 is 0 Å². The highest BCUT2D eigenvalue weighted by Crippen LogP contribution is 2.21.